The SMILES string of the molecule is CCCN1c2cc(C)c(/C=N/NC(=O)Cc3cccc(C(F)(F)F)c3)cc2C(C)=CC1(C)C. The fourth-order valence-corrected chi connectivity index (χ4v) is 4.27. The lowest BCUT2D eigenvalue weighted by Crippen LogP contribution is -2.45. The molecule has 0 bridgehead atoms. The average molecular weight is 458 g/mol. The Morgan fingerprint density at radius 2 is 1.91 bits per heavy atom. The lowest BCUT2D eigenvalue weighted by Gasteiger charge is -2.43. The average Bonchev–Trinajstić information content (AvgIpc) is 2.71. The quantitative estimate of drug-likeness (QED) is 0.420. The molecule has 1 N–H and O–H groups in total. The number of nitrogens with zero attached hydrogens (tertiary/aromatic N) is 2. The number of amides is 1. The molecule has 2 aromatic rings. The Morgan fingerprint density at radius 3 is 2.58 bits per heavy atom. The summed E-state index contributed by atoms with van der Waals surface area (Å²) in [6.07, 6.45) is 0.251. The number of benzene rings is 2. The standard InChI is InChI=1S/C26H30F3N3O/c1-6-10-32-23-11-17(2)20(14-22(23)18(3)15-25(32,4)5)16-30-31-24(33)13-19-8-7-9-21(12-19)26(27,28)29/h7-9,11-12,14-16H,6,10,13H2,1-5H3,(H,31,33)/b30-16+. The predicted octanol–water partition coefficient (Wildman–Crippen LogP) is 6.12. The van der Waals surface area contributed by atoms with E-state index in [1.54, 1.807) is 6.21 Å². The summed E-state index contributed by atoms with van der Waals surface area (Å²) in [6.45, 7) is 11.6. The number of hydrogen-bond acceptors (Lipinski definition) is 3. The number of carbonyl (C=O) groups is 1. The summed E-state index contributed by atoms with van der Waals surface area (Å²) in [7, 11) is 0. The number of nitrogens with one attached hydrogen (secondary N) is 1. The molecule has 3 rings (SSSR count). The van der Waals surface area contributed by atoms with E-state index >= 15 is 0 Å². The fraction of sp³-hybridized carbons (Fsp3) is 0.385. The number of hydrogen-bond donors (Lipinski definition) is 1. The van der Waals surface area contributed by atoms with Crippen molar-refractivity contribution in [1.82, 2.24) is 5.43 Å². The van der Waals surface area contributed by atoms with Crippen molar-refractivity contribution in [2.45, 2.75) is 59.2 Å². The van der Waals surface area contributed by atoms with Gasteiger partial charge in [-0.3, -0.25) is 4.79 Å². The number of hydrazone groups is 1. The highest BCUT2D eigenvalue weighted by Crippen LogP contribution is 2.40. The molecule has 0 aliphatic carbocycles. The first-order valence-electron chi connectivity index (χ1n) is 11.0. The molecule has 0 saturated heterocycles. The molecule has 0 spiro atoms. The third-order valence-electron chi connectivity index (χ3n) is 5.82. The second-order valence-corrected chi connectivity index (χ2v) is 9.03. The van der Waals surface area contributed by atoms with Gasteiger partial charge in [0.25, 0.3) is 0 Å². The summed E-state index contributed by atoms with van der Waals surface area (Å²) >= 11 is 0. The van der Waals surface area contributed by atoms with Gasteiger partial charge in [-0.05, 0) is 74.6 Å². The Hall–Kier alpha value is -3.09. The molecule has 0 saturated carbocycles. The lowest BCUT2D eigenvalue weighted by molar-refractivity contribution is -0.137. The molecule has 1 amide bonds. The van der Waals surface area contributed by atoms with Crippen molar-refractivity contribution in [1.29, 1.82) is 0 Å². The summed E-state index contributed by atoms with van der Waals surface area (Å²) in [5.41, 5.74) is 7.25. The summed E-state index contributed by atoms with van der Waals surface area (Å²) in [4.78, 5) is 14.6. The van der Waals surface area contributed by atoms with Gasteiger partial charge in [-0.1, -0.05) is 31.2 Å². The second-order valence-electron chi connectivity index (χ2n) is 9.03. The van der Waals surface area contributed by atoms with Gasteiger partial charge in [0.05, 0.1) is 23.7 Å². The number of aryl methyl sites for hydroxylation is 1. The molecule has 1 heterocycles. The topological polar surface area (TPSA) is 44.7 Å². The number of carbonyl (C=O) groups excluding carboxylic acids is 1. The predicted molar refractivity (Wildman–Crippen MR) is 127 cm³/mol. The van der Waals surface area contributed by atoms with E-state index in [1.807, 2.05) is 6.92 Å². The summed E-state index contributed by atoms with van der Waals surface area (Å²) in [5, 5.41) is 4.05. The van der Waals surface area contributed by atoms with Crippen LogP contribution >= 0.6 is 0 Å². The number of halogens is 3. The van der Waals surface area contributed by atoms with Crippen molar-refractivity contribution < 1.29 is 18.0 Å². The molecule has 0 unspecified atom stereocenters. The number of alkyl halides is 3. The highest BCUT2D eigenvalue weighted by molar-refractivity contribution is 5.90. The van der Waals surface area contributed by atoms with Gasteiger partial charge in [0, 0.05) is 17.8 Å². The van der Waals surface area contributed by atoms with Gasteiger partial charge >= 0.3 is 6.18 Å². The maximum absolute atomic E-state index is 12.9. The second kappa shape index (κ2) is 9.41. The van der Waals surface area contributed by atoms with E-state index in [9.17, 15) is 18.0 Å². The van der Waals surface area contributed by atoms with Gasteiger partial charge in [0.2, 0.25) is 5.91 Å². The van der Waals surface area contributed by atoms with Crippen molar-refractivity contribution in [3.05, 3.63) is 70.3 Å². The van der Waals surface area contributed by atoms with Crippen LogP contribution in [0.3, 0.4) is 0 Å². The molecule has 4 nitrogen and oxygen atoms in total. The maximum atomic E-state index is 12.9. The smallest absolute Gasteiger partial charge is 0.362 e. The van der Waals surface area contributed by atoms with Crippen LogP contribution in [-0.2, 0) is 17.4 Å². The Kier molecular flexibility index (Phi) is 7.00. The number of anilines is 1. The van der Waals surface area contributed by atoms with Crippen LogP contribution in [0.5, 0.6) is 0 Å². The molecule has 2 aromatic carbocycles. The van der Waals surface area contributed by atoms with Crippen LogP contribution in [0, 0.1) is 6.92 Å². The van der Waals surface area contributed by atoms with Crippen LogP contribution in [-0.4, -0.2) is 24.2 Å². The Morgan fingerprint density at radius 1 is 1.18 bits per heavy atom. The first-order chi connectivity index (χ1) is 15.4. The van der Waals surface area contributed by atoms with E-state index in [-0.39, 0.29) is 17.5 Å². The Balaban J connectivity index is 1.75. The van der Waals surface area contributed by atoms with Crippen LogP contribution < -0.4 is 10.3 Å². The molecule has 7 heteroatoms. The van der Waals surface area contributed by atoms with E-state index in [1.165, 1.54) is 23.4 Å². The third kappa shape index (κ3) is 5.64. The van der Waals surface area contributed by atoms with Crippen LogP contribution in [0.15, 0.2) is 47.6 Å². The van der Waals surface area contributed by atoms with Crippen LogP contribution in [0.1, 0.15) is 61.9 Å². The van der Waals surface area contributed by atoms with E-state index in [2.05, 4.69) is 61.3 Å². The molecule has 0 atom stereocenters. The first kappa shape index (κ1) is 24.6. The van der Waals surface area contributed by atoms with Crippen molar-refractivity contribution in [2.75, 3.05) is 11.4 Å². The Bertz CT molecular complexity index is 1100. The highest BCUT2D eigenvalue weighted by atomic mass is 19.4. The summed E-state index contributed by atoms with van der Waals surface area (Å²) in [6, 6.07) is 8.97. The van der Waals surface area contributed by atoms with E-state index in [4.69, 9.17) is 0 Å². The van der Waals surface area contributed by atoms with E-state index in [0.29, 0.717) is 0 Å². The molecule has 1 aliphatic rings. The lowest BCUT2D eigenvalue weighted by atomic mass is 9.87. The van der Waals surface area contributed by atoms with Crippen LogP contribution in [0.4, 0.5) is 18.9 Å². The van der Waals surface area contributed by atoms with Gasteiger partial charge in [0.1, 0.15) is 0 Å². The number of allylic oxidation sites excluding steroid dienone is 1. The fourth-order valence-electron chi connectivity index (χ4n) is 4.27. The monoisotopic (exact) mass is 457 g/mol. The van der Waals surface area contributed by atoms with Crippen molar-refractivity contribution in [3.63, 3.8) is 0 Å². The molecular weight excluding hydrogens is 427 g/mol. The zero-order valence-electron chi connectivity index (χ0n) is 19.7. The minimum absolute atomic E-state index is 0.0769. The molecule has 0 aromatic heterocycles. The normalized spacial score (nSPS) is 15.4. The molecule has 0 fully saturated rings. The van der Waals surface area contributed by atoms with Gasteiger partial charge in [-0.25, -0.2) is 5.43 Å². The van der Waals surface area contributed by atoms with Crippen molar-refractivity contribution >= 4 is 23.4 Å². The zero-order chi connectivity index (χ0) is 24.4. The first-order valence-corrected chi connectivity index (χ1v) is 11.0. The van der Waals surface area contributed by atoms with Gasteiger partial charge in [0.15, 0.2) is 0 Å². The minimum Gasteiger partial charge on any atom is -0.362 e. The molecule has 1 aliphatic heterocycles. The minimum atomic E-state index is -4.44. The molecule has 0 radical (unpaired) electrons. The van der Waals surface area contributed by atoms with Crippen molar-refractivity contribution in [2.24, 2.45) is 5.10 Å². The van der Waals surface area contributed by atoms with Crippen LogP contribution in [0.2, 0.25) is 0 Å². The zero-order valence-corrected chi connectivity index (χ0v) is 19.7. The highest BCUT2D eigenvalue weighted by Gasteiger charge is 2.31. The van der Waals surface area contributed by atoms with Gasteiger partial charge in [-0.2, -0.15) is 18.3 Å². The van der Waals surface area contributed by atoms with Crippen LogP contribution in [0.25, 0.3) is 5.57 Å². The van der Waals surface area contributed by atoms with Gasteiger partial charge in [-0.15, -0.1) is 0 Å². The van der Waals surface area contributed by atoms with Gasteiger partial charge < -0.3 is 4.90 Å². The molecule has 33 heavy (non-hydrogen) atoms. The summed E-state index contributed by atoms with van der Waals surface area (Å²) in [5.74, 6) is -0.479. The summed E-state index contributed by atoms with van der Waals surface area (Å²) < 4.78 is 38.6. The molecular formula is C26H30F3N3O. The largest absolute Gasteiger partial charge is 0.416 e. The Labute approximate surface area is 193 Å². The number of fused-ring (bicyclic) bond motifs is 1. The third-order valence-corrected chi connectivity index (χ3v) is 5.82. The van der Waals surface area contributed by atoms with E-state index in [0.717, 1.165) is 41.8 Å². The van der Waals surface area contributed by atoms with Crippen molar-refractivity contribution in [3.8, 4) is 0 Å². The molecule has 176 valence electrons. The number of rotatable bonds is 6. The van der Waals surface area contributed by atoms with E-state index < -0.39 is 17.6 Å². The maximum Gasteiger partial charge on any atom is 0.416 e.